The van der Waals surface area contributed by atoms with Crippen LogP contribution in [0.25, 0.3) is 0 Å². The van der Waals surface area contributed by atoms with Gasteiger partial charge in [-0.2, -0.15) is 0 Å². The summed E-state index contributed by atoms with van der Waals surface area (Å²) in [5.41, 5.74) is 1.42. The number of amides is 2. The summed E-state index contributed by atoms with van der Waals surface area (Å²) in [6.07, 6.45) is 5.97. The van der Waals surface area contributed by atoms with Crippen LogP contribution >= 0.6 is 11.8 Å². The highest BCUT2D eigenvalue weighted by atomic mass is 32.2. The lowest BCUT2D eigenvalue weighted by molar-refractivity contribution is -0.117. The Bertz CT molecular complexity index is 833. The molecule has 2 fully saturated rings. The van der Waals surface area contributed by atoms with Crippen LogP contribution in [0.2, 0.25) is 0 Å². The predicted molar refractivity (Wildman–Crippen MR) is 103 cm³/mol. The maximum atomic E-state index is 12.5. The standard InChI is InChI=1S/C18H22N6O2S/c25-16(12-27-18-20-21-22-24(18)13-6-1-2-7-13)19-14-8-3-4-9-15(14)23-11-5-10-17(23)26/h3-4,8-9,13H,1-2,5-7,10-12H2,(H,19,25). The summed E-state index contributed by atoms with van der Waals surface area (Å²) in [5, 5.41) is 15.5. The van der Waals surface area contributed by atoms with Crippen LogP contribution in [0.1, 0.15) is 44.6 Å². The van der Waals surface area contributed by atoms with Crippen molar-refractivity contribution < 1.29 is 9.59 Å². The van der Waals surface area contributed by atoms with Gasteiger partial charge in [0, 0.05) is 13.0 Å². The van der Waals surface area contributed by atoms with Gasteiger partial charge in [0.25, 0.3) is 0 Å². The van der Waals surface area contributed by atoms with Crippen molar-refractivity contribution in [3.05, 3.63) is 24.3 Å². The van der Waals surface area contributed by atoms with E-state index in [1.807, 2.05) is 28.9 Å². The van der Waals surface area contributed by atoms with E-state index in [-0.39, 0.29) is 17.6 Å². The van der Waals surface area contributed by atoms with Gasteiger partial charge in [0.2, 0.25) is 17.0 Å². The van der Waals surface area contributed by atoms with Crippen LogP contribution in [0.15, 0.2) is 29.4 Å². The van der Waals surface area contributed by atoms with Gasteiger partial charge in [0.1, 0.15) is 0 Å². The van der Waals surface area contributed by atoms with E-state index >= 15 is 0 Å². The van der Waals surface area contributed by atoms with Crippen molar-refractivity contribution in [2.75, 3.05) is 22.5 Å². The van der Waals surface area contributed by atoms with E-state index in [1.54, 1.807) is 4.90 Å². The van der Waals surface area contributed by atoms with Crippen molar-refractivity contribution in [3.8, 4) is 0 Å². The molecule has 1 aromatic carbocycles. The largest absolute Gasteiger partial charge is 0.324 e. The van der Waals surface area contributed by atoms with Crippen LogP contribution < -0.4 is 10.2 Å². The molecule has 1 saturated carbocycles. The average molecular weight is 386 g/mol. The quantitative estimate of drug-likeness (QED) is 0.767. The molecule has 0 bridgehead atoms. The molecule has 142 valence electrons. The number of nitrogens with zero attached hydrogens (tertiary/aromatic N) is 5. The van der Waals surface area contributed by atoms with Crippen molar-refractivity contribution >= 4 is 35.0 Å². The second-order valence-electron chi connectivity index (χ2n) is 6.85. The van der Waals surface area contributed by atoms with Crippen molar-refractivity contribution in [3.63, 3.8) is 0 Å². The zero-order valence-electron chi connectivity index (χ0n) is 15.0. The first-order valence-electron chi connectivity index (χ1n) is 9.32. The summed E-state index contributed by atoms with van der Waals surface area (Å²) >= 11 is 1.34. The van der Waals surface area contributed by atoms with Crippen LogP contribution in [0.4, 0.5) is 11.4 Å². The van der Waals surface area contributed by atoms with Gasteiger partial charge in [-0.1, -0.05) is 36.7 Å². The molecule has 0 radical (unpaired) electrons. The smallest absolute Gasteiger partial charge is 0.234 e. The minimum Gasteiger partial charge on any atom is -0.324 e. The third kappa shape index (κ3) is 3.97. The molecule has 1 N–H and O–H groups in total. The molecule has 1 aliphatic heterocycles. The Balaban J connectivity index is 1.39. The molecule has 0 spiro atoms. The number of aromatic nitrogens is 4. The lowest BCUT2D eigenvalue weighted by Crippen LogP contribution is -2.26. The molecule has 1 aliphatic carbocycles. The molecule has 2 aliphatic rings. The molecule has 2 aromatic rings. The van der Waals surface area contributed by atoms with Crippen LogP contribution in [-0.2, 0) is 9.59 Å². The summed E-state index contributed by atoms with van der Waals surface area (Å²) in [6.45, 7) is 0.691. The normalized spacial score (nSPS) is 17.6. The third-order valence-electron chi connectivity index (χ3n) is 5.01. The van der Waals surface area contributed by atoms with Crippen LogP contribution in [0.3, 0.4) is 0 Å². The zero-order valence-corrected chi connectivity index (χ0v) is 15.8. The Morgan fingerprint density at radius 1 is 1.22 bits per heavy atom. The van der Waals surface area contributed by atoms with Crippen molar-refractivity contribution in [1.82, 2.24) is 20.2 Å². The molecule has 27 heavy (non-hydrogen) atoms. The molecular formula is C18H22N6O2S. The Labute approximate surface area is 161 Å². The van der Waals surface area contributed by atoms with Crippen LogP contribution in [0, 0.1) is 0 Å². The Morgan fingerprint density at radius 2 is 2.04 bits per heavy atom. The van der Waals surface area contributed by atoms with E-state index < -0.39 is 0 Å². The number of hydrogen-bond acceptors (Lipinski definition) is 6. The van der Waals surface area contributed by atoms with E-state index in [0.29, 0.717) is 29.9 Å². The summed E-state index contributed by atoms with van der Waals surface area (Å²) in [7, 11) is 0. The number of thioether (sulfide) groups is 1. The third-order valence-corrected chi connectivity index (χ3v) is 5.94. The van der Waals surface area contributed by atoms with Gasteiger partial charge < -0.3 is 10.2 Å². The number of hydrogen-bond donors (Lipinski definition) is 1. The van der Waals surface area contributed by atoms with Crippen molar-refractivity contribution in [1.29, 1.82) is 0 Å². The van der Waals surface area contributed by atoms with E-state index in [2.05, 4.69) is 20.8 Å². The molecule has 2 amide bonds. The topological polar surface area (TPSA) is 93.0 Å². The average Bonchev–Trinajstić information content (AvgIpc) is 3.42. The molecule has 1 aromatic heterocycles. The van der Waals surface area contributed by atoms with E-state index in [0.717, 1.165) is 24.9 Å². The first kappa shape index (κ1) is 18.0. The summed E-state index contributed by atoms with van der Waals surface area (Å²) < 4.78 is 1.85. The Kier molecular flexibility index (Phi) is 5.38. The molecule has 0 unspecified atom stereocenters. The van der Waals surface area contributed by atoms with Crippen molar-refractivity contribution in [2.24, 2.45) is 0 Å². The van der Waals surface area contributed by atoms with Crippen LogP contribution in [0.5, 0.6) is 0 Å². The van der Waals surface area contributed by atoms with Crippen molar-refractivity contribution in [2.45, 2.75) is 49.7 Å². The lowest BCUT2D eigenvalue weighted by Gasteiger charge is -2.19. The van der Waals surface area contributed by atoms with Gasteiger partial charge in [-0.15, -0.1) is 5.10 Å². The van der Waals surface area contributed by atoms with Crippen LogP contribution in [-0.4, -0.2) is 44.3 Å². The number of anilines is 2. The lowest BCUT2D eigenvalue weighted by atomic mass is 10.2. The molecular weight excluding hydrogens is 364 g/mol. The van der Waals surface area contributed by atoms with Gasteiger partial charge in [-0.05, 0) is 41.8 Å². The number of benzene rings is 1. The highest BCUT2D eigenvalue weighted by Crippen LogP contribution is 2.32. The Hall–Kier alpha value is -2.42. The number of nitrogens with one attached hydrogen (secondary N) is 1. The minimum absolute atomic E-state index is 0.0989. The van der Waals surface area contributed by atoms with Gasteiger partial charge in [0.05, 0.1) is 23.2 Å². The van der Waals surface area contributed by atoms with E-state index in [9.17, 15) is 9.59 Å². The second-order valence-corrected chi connectivity index (χ2v) is 7.79. The molecule has 1 saturated heterocycles. The number of carbonyl (C=O) groups is 2. The monoisotopic (exact) mass is 386 g/mol. The first-order chi connectivity index (χ1) is 13.2. The van der Waals surface area contributed by atoms with Gasteiger partial charge >= 0.3 is 0 Å². The maximum absolute atomic E-state index is 12.5. The molecule has 2 heterocycles. The summed E-state index contributed by atoms with van der Waals surface area (Å²) in [4.78, 5) is 26.3. The fourth-order valence-electron chi connectivity index (χ4n) is 3.69. The SMILES string of the molecule is O=C(CSc1nnnn1C1CCCC1)Nc1ccccc1N1CCCC1=O. The number of tetrazole rings is 1. The molecule has 8 nitrogen and oxygen atoms in total. The number of rotatable bonds is 6. The second kappa shape index (κ2) is 8.08. The molecule has 4 rings (SSSR count). The van der Waals surface area contributed by atoms with E-state index in [4.69, 9.17) is 0 Å². The number of para-hydroxylation sites is 2. The number of carbonyl (C=O) groups excluding carboxylic acids is 2. The highest BCUT2D eigenvalue weighted by molar-refractivity contribution is 7.99. The van der Waals surface area contributed by atoms with Gasteiger partial charge in [0.15, 0.2) is 0 Å². The molecule has 0 atom stereocenters. The fourth-order valence-corrected chi connectivity index (χ4v) is 4.44. The fraction of sp³-hybridized carbons (Fsp3) is 0.500. The first-order valence-corrected chi connectivity index (χ1v) is 10.3. The zero-order chi connectivity index (χ0) is 18.6. The highest BCUT2D eigenvalue weighted by Gasteiger charge is 2.25. The molecule has 9 heteroatoms. The van der Waals surface area contributed by atoms with E-state index in [1.165, 1.54) is 24.6 Å². The summed E-state index contributed by atoms with van der Waals surface area (Å²) in [6, 6.07) is 7.76. The maximum Gasteiger partial charge on any atom is 0.234 e. The predicted octanol–water partition coefficient (Wildman–Crippen LogP) is 2.65. The van der Waals surface area contributed by atoms with Gasteiger partial charge in [-0.25, -0.2) is 4.68 Å². The minimum atomic E-state index is -0.139. The van der Waals surface area contributed by atoms with Gasteiger partial charge in [-0.3, -0.25) is 9.59 Å². The summed E-state index contributed by atoms with van der Waals surface area (Å²) in [5.74, 6) is 0.178. The Morgan fingerprint density at radius 3 is 2.81 bits per heavy atom.